The van der Waals surface area contributed by atoms with Crippen LogP contribution in [0.3, 0.4) is 0 Å². The van der Waals surface area contributed by atoms with Crippen molar-refractivity contribution in [1.29, 1.82) is 0 Å². The molecule has 1 aromatic rings. The maximum absolute atomic E-state index is 11.7. The monoisotopic (exact) mass is 367 g/mol. The molecule has 8 heteroatoms. The Hall–Kier alpha value is -2.61. The van der Waals surface area contributed by atoms with Gasteiger partial charge in [0.2, 0.25) is 0 Å². The second-order valence-corrected chi connectivity index (χ2v) is 6.13. The minimum Gasteiger partial charge on any atom is -0.478 e. The fourth-order valence-electron chi connectivity index (χ4n) is 1.67. The van der Waals surface area contributed by atoms with E-state index in [0.717, 1.165) is 0 Å². The molecule has 0 spiro atoms. The number of hydrogen-bond acceptors (Lipinski definition) is 6. The molecule has 0 unspecified atom stereocenters. The number of esters is 1. The van der Waals surface area contributed by atoms with E-state index in [1.54, 1.807) is 0 Å². The van der Waals surface area contributed by atoms with Gasteiger partial charge < -0.3 is 24.6 Å². The summed E-state index contributed by atoms with van der Waals surface area (Å²) in [6.45, 7) is 6.41. The Bertz CT molecular complexity index is 610. The SMILES string of the molecule is CCC(C)(C)C(=O)OCCOCCNC(=O)Oc1ccc(C(=O)O)cc1. The van der Waals surface area contributed by atoms with Crippen LogP contribution in [-0.2, 0) is 14.3 Å². The highest BCUT2D eigenvalue weighted by atomic mass is 16.6. The third-order valence-electron chi connectivity index (χ3n) is 3.72. The van der Waals surface area contributed by atoms with Crippen molar-refractivity contribution in [2.75, 3.05) is 26.4 Å². The maximum atomic E-state index is 11.7. The van der Waals surface area contributed by atoms with Crippen LogP contribution in [0.1, 0.15) is 37.6 Å². The van der Waals surface area contributed by atoms with E-state index in [9.17, 15) is 14.4 Å². The van der Waals surface area contributed by atoms with Gasteiger partial charge in [0.25, 0.3) is 0 Å². The van der Waals surface area contributed by atoms with Gasteiger partial charge in [-0.1, -0.05) is 6.92 Å². The topological polar surface area (TPSA) is 111 Å². The number of carbonyl (C=O) groups excluding carboxylic acids is 2. The van der Waals surface area contributed by atoms with Crippen molar-refractivity contribution in [2.45, 2.75) is 27.2 Å². The third-order valence-corrected chi connectivity index (χ3v) is 3.72. The molecule has 0 radical (unpaired) electrons. The summed E-state index contributed by atoms with van der Waals surface area (Å²) in [5.41, 5.74) is -0.400. The number of carbonyl (C=O) groups is 3. The van der Waals surface area contributed by atoms with Crippen LogP contribution in [0.25, 0.3) is 0 Å². The molecule has 0 aromatic heterocycles. The summed E-state index contributed by atoms with van der Waals surface area (Å²) in [7, 11) is 0. The fraction of sp³-hybridized carbons (Fsp3) is 0.500. The Morgan fingerprint density at radius 3 is 2.31 bits per heavy atom. The highest BCUT2D eigenvalue weighted by Crippen LogP contribution is 2.21. The Balaban J connectivity index is 2.13. The molecule has 0 aliphatic carbocycles. The second kappa shape index (κ2) is 10.4. The summed E-state index contributed by atoms with van der Waals surface area (Å²) < 4.78 is 15.4. The minimum absolute atomic E-state index is 0.106. The number of nitrogens with one attached hydrogen (secondary N) is 1. The average Bonchev–Trinajstić information content (AvgIpc) is 2.61. The Kier molecular flexibility index (Phi) is 8.57. The molecule has 0 bridgehead atoms. The molecule has 0 fully saturated rings. The zero-order chi connectivity index (χ0) is 19.6. The van der Waals surface area contributed by atoms with Gasteiger partial charge in [-0.05, 0) is 44.5 Å². The molecular formula is C18H25NO7. The lowest BCUT2D eigenvalue weighted by molar-refractivity contribution is -0.155. The Labute approximate surface area is 152 Å². The fourth-order valence-corrected chi connectivity index (χ4v) is 1.67. The van der Waals surface area contributed by atoms with Gasteiger partial charge in [-0.25, -0.2) is 9.59 Å². The standard InChI is InChI=1S/C18H25NO7/c1-4-18(2,3)16(22)25-12-11-24-10-9-19-17(23)26-14-7-5-13(6-8-14)15(20)21/h5-8H,4,9-12H2,1-3H3,(H,19,23)(H,20,21). The van der Waals surface area contributed by atoms with E-state index < -0.39 is 17.5 Å². The van der Waals surface area contributed by atoms with Crippen molar-refractivity contribution >= 4 is 18.0 Å². The van der Waals surface area contributed by atoms with Crippen LogP contribution in [0.4, 0.5) is 4.79 Å². The molecule has 2 N–H and O–H groups in total. The molecule has 0 heterocycles. The molecule has 26 heavy (non-hydrogen) atoms. The van der Waals surface area contributed by atoms with Gasteiger partial charge in [-0.3, -0.25) is 4.79 Å². The van der Waals surface area contributed by atoms with Crippen LogP contribution < -0.4 is 10.1 Å². The zero-order valence-electron chi connectivity index (χ0n) is 15.2. The molecule has 144 valence electrons. The van der Waals surface area contributed by atoms with Crippen LogP contribution in [0.5, 0.6) is 5.75 Å². The van der Waals surface area contributed by atoms with Crippen LogP contribution in [-0.4, -0.2) is 49.5 Å². The number of amides is 1. The lowest BCUT2D eigenvalue weighted by Crippen LogP contribution is -2.30. The van der Waals surface area contributed by atoms with Gasteiger partial charge in [0.05, 0.1) is 24.2 Å². The molecule has 1 aromatic carbocycles. The van der Waals surface area contributed by atoms with Crippen molar-refractivity contribution < 1.29 is 33.7 Å². The van der Waals surface area contributed by atoms with Crippen molar-refractivity contribution in [2.24, 2.45) is 5.41 Å². The van der Waals surface area contributed by atoms with Crippen molar-refractivity contribution in [1.82, 2.24) is 5.32 Å². The average molecular weight is 367 g/mol. The van der Waals surface area contributed by atoms with Gasteiger partial charge in [0.15, 0.2) is 0 Å². The normalized spacial score (nSPS) is 10.9. The van der Waals surface area contributed by atoms with E-state index in [4.69, 9.17) is 19.3 Å². The molecule has 1 amide bonds. The summed E-state index contributed by atoms with van der Waals surface area (Å²) in [4.78, 5) is 34.0. The van der Waals surface area contributed by atoms with Crippen molar-refractivity contribution in [3.63, 3.8) is 0 Å². The molecule has 8 nitrogen and oxygen atoms in total. The quantitative estimate of drug-likeness (QED) is 0.483. The highest BCUT2D eigenvalue weighted by Gasteiger charge is 2.26. The minimum atomic E-state index is -1.05. The molecule has 0 saturated heterocycles. The maximum Gasteiger partial charge on any atom is 0.412 e. The first-order chi connectivity index (χ1) is 12.3. The molecule has 0 aliphatic heterocycles. The summed E-state index contributed by atoms with van der Waals surface area (Å²) in [6.07, 6.45) is 0.0189. The van der Waals surface area contributed by atoms with Crippen LogP contribution in [0, 0.1) is 5.41 Å². The van der Waals surface area contributed by atoms with Crippen molar-refractivity contribution in [3.8, 4) is 5.75 Å². The van der Waals surface area contributed by atoms with Crippen LogP contribution in [0.15, 0.2) is 24.3 Å². The molecule has 0 atom stereocenters. The largest absolute Gasteiger partial charge is 0.478 e. The molecule has 1 rings (SSSR count). The zero-order valence-corrected chi connectivity index (χ0v) is 15.2. The van der Waals surface area contributed by atoms with E-state index in [2.05, 4.69) is 5.32 Å². The van der Waals surface area contributed by atoms with E-state index in [0.29, 0.717) is 6.42 Å². The number of benzene rings is 1. The van der Waals surface area contributed by atoms with Crippen LogP contribution in [0.2, 0.25) is 0 Å². The third kappa shape index (κ3) is 7.52. The van der Waals surface area contributed by atoms with Gasteiger partial charge in [0.1, 0.15) is 12.4 Å². The van der Waals surface area contributed by atoms with Crippen molar-refractivity contribution in [3.05, 3.63) is 29.8 Å². The van der Waals surface area contributed by atoms with E-state index >= 15 is 0 Å². The van der Waals surface area contributed by atoms with E-state index in [1.165, 1.54) is 24.3 Å². The first kappa shape index (κ1) is 21.4. The summed E-state index contributed by atoms with van der Waals surface area (Å²) >= 11 is 0. The number of aromatic carboxylic acids is 1. The van der Waals surface area contributed by atoms with Gasteiger partial charge in [-0.2, -0.15) is 0 Å². The predicted octanol–water partition coefficient (Wildman–Crippen LogP) is 2.47. The summed E-state index contributed by atoms with van der Waals surface area (Å²) in [5, 5.41) is 11.3. The van der Waals surface area contributed by atoms with E-state index in [1.807, 2.05) is 20.8 Å². The first-order valence-corrected chi connectivity index (χ1v) is 8.30. The number of carboxylic acids is 1. The number of rotatable bonds is 10. The Morgan fingerprint density at radius 2 is 1.73 bits per heavy atom. The smallest absolute Gasteiger partial charge is 0.412 e. The summed E-state index contributed by atoms with van der Waals surface area (Å²) in [5.74, 6) is -1.08. The Morgan fingerprint density at radius 1 is 1.08 bits per heavy atom. The molecular weight excluding hydrogens is 342 g/mol. The van der Waals surface area contributed by atoms with Crippen LogP contribution >= 0.6 is 0 Å². The second-order valence-electron chi connectivity index (χ2n) is 6.13. The van der Waals surface area contributed by atoms with Gasteiger partial charge in [0, 0.05) is 6.54 Å². The lowest BCUT2D eigenvalue weighted by atomic mass is 9.91. The molecule has 0 saturated carbocycles. The predicted molar refractivity (Wildman–Crippen MR) is 93.3 cm³/mol. The number of hydrogen-bond donors (Lipinski definition) is 2. The van der Waals surface area contributed by atoms with Gasteiger partial charge >= 0.3 is 18.0 Å². The number of carboxylic acid groups (broad SMARTS) is 1. The highest BCUT2D eigenvalue weighted by molar-refractivity contribution is 5.87. The summed E-state index contributed by atoms with van der Waals surface area (Å²) in [6, 6.07) is 5.47. The van der Waals surface area contributed by atoms with E-state index in [-0.39, 0.29) is 43.6 Å². The molecule has 0 aliphatic rings. The van der Waals surface area contributed by atoms with Gasteiger partial charge in [-0.15, -0.1) is 0 Å². The lowest BCUT2D eigenvalue weighted by Gasteiger charge is -2.20. The first-order valence-electron chi connectivity index (χ1n) is 8.30. The number of ether oxygens (including phenoxy) is 3.